The Hall–Kier alpha value is -4.88. The second kappa shape index (κ2) is 121. The number of hydrogen-bond donors (Lipinski definition) is 3. The summed E-state index contributed by atoms with van der Waals surface area (Å²) in [6.45, 7) is 30.7. The molecule has 2 aromatic heterocycles. The van der Waals surface area contributed by atoms with Crippen molar-refractivity contribution < 1.29 is 171 Å². The van der Waals surface area contributed by atoms with Crippen molar-refractivity contribution in [3.8, 4) is 0 Å². The van der Waals surface area contributed by atoms with E-state index in [1.807, 2.05) is 36.4 Å². The van der Waals surface area contributed by atoms with E-state index in [1.54, 1.807) is 55.6 Å². The van der Waals surface area contributed by atoms with E-state index in [1.165, 1.54) is 0 Å². The number of ketones is 1. The van der Waals surface area contributed by atoms with E-state index in [-0.39, 0.29) is 36.3 Å². The summed E-state index contributed by atoms with van der Waals surface area (Å²) in [6.07, 6.45) is 6.26. The molecular formula is C91H165N11O36S4. The van der Waals surface area contributed by atoms with Crippen LogP contribution in [0.3, 0.4) is 0 Å². The number of amides is 3. The van der Waals surface area contributed by atoms with E-state index in [0.29, 0.717) is 487 Å². The quantitative estimate of drug-likeness (QED) is 0.0223. The van der Waals surface area contributed by atoms with E-state index in [2.05, 4.69) is 46.0 Å². The number of Topliss-reactive ketones (excluding diaryl/α,β-unsaturated/α-hetero) is 1. The molecule has 0 bridgehead atoms. The van der Waals surface area contributed by atoms with Crippen LogP contribution in [0.25, 0.3) is 20.9 Å². The summed E-state index contributed by atoms with van der Waals surface area (Å²) < 4.78 is 175. The van der Waals surface area contributed by atoms with Crippen molar-refractivity contribution >= 4 is 66.7 Å². The molecule has 0 saturated heterocycles. The lowest BCUT2D eigenvalue weighted by atomic mass is 10.2. The molecule has 0 aromatic carbocycles. The van der Waals surface area contributed by atoms with Gasteiger partial charge in [-0.05, 0) is 63.3 Å². The Morgan fingerprint density at radius 3 is 0.634 bits per heavy atom. The van der Waals surface area contributed by atoms with Crippen LogP contribution < -0.4 is 16.0 Å². The lowest BCUT2D eigenvalue weighted by Crippen LogP contribution is -2.28. The lowest BCUT2D eigenvalue weighted by molar-refractivity contribution is -0.123. The highest BCUT2D eigenvalue weighted by Gasteiger charge is 2.10. The Morgan fingerprint density at radius 2 is 0.423 bits per heavy atom. The fourth-order valence-electron chi connectivity index (χ4n) is 10.0. The van der Waals surface area contributed by atoms with Gasteiger partial charge in [0.2, 0.25) is 17.7 Å². The van der Waals surface area contributed by atoms with Gasteiger partial charge < -0.3 is 168 Å². The molecule has 2 rings (SSSR count). The summed E-state index contributed by atoms with van der Waals surface area (Å²) in [5.74, 6) is 1.52. The molecule has 824 valence electrons. The minimum Gasteiger partial charge on any atom is -0.379 e. The summed E-state index contributed by atoms with van der Waals surface area (Å²) in [5, 5.41) is 17.0. The lowest BCUT2D eigenvalue weighted by Gasteiger charge is -2.09. The van der Waals surface area contributed by atoms with Crippen molar-refractivity contribution in [1.82, 2.24) is 25.9 Å². The van der Waals surface area contributed by atoms with E-state index in [9.17, 15) is 19.2 Å². The molecule has 0 fully saturated rings. The molecule has 142 heavy (non-hydrogen) atoms. The normalized spacial score (nSPS) is 11.3. The number of carbonyl (C=O) groups excluding carboxylic acids is 4. The largest absolute Gasteiger partial charge is 0.379 e. The molecule has 2 heterocycles. The van der Waals surface area contributed by atoms with Gasteiger partial charge in [0.15, 0.2) is 0 Å². The number of aromatic nitrogens is 2. The molecule has 3 N–H and O–H groups in total. The van der Waals surface area contributed by atoms with Crippen molar-refractivity contribution in [2.24, 2.45) is 10.2 Å². The Bertz CT molecular complexity index is 3040. The van der Waals surface area contributed by atoms with Crippen LogP contribution in [0, 0.1) is 0 Å². The zero-order valence-electron chi connectivity index (χ0n) is 83.5. The third-order valence-electron chi connectivity index (χ3n) is 17.1. The monoisotopic (exact) mass is 2120 g/mol. The first-order valence-corrected chi connectivity index (χ1v) is 53.3. The first-order valence-electron chi connectivity index (χ1n) is 48.7. The number of hydrogen-bond acceptors (Lipinski definition) is 44. The molecule has 0 unspecified atom stereocenters. The van der Waals surface area contributed by atoms with Crippen LogP contribution in [0.4, 0.5) is 0 Å². The minimum atomic E-state index is -0.110. The number of pyridine rings is 2. The summed E-state index contributed by atoms with van der Waals surface area (Å²) in [5.41, 5.74) is 16.3. The van der Waals surface area contributed by atoms with Crippen molar-refractivity contribution in [2.75, 3.05) is 467 Å². The van der Waals surface area contributed by atoms with Crippen LogP contribution >= 0.6 is 43.2 Å². The van der Waals surface area contributed by atoms with E-state index < -0.39 is 0 Å². The smallest absolute Gasteiger partial charge is 0.222 e. The van der Waals surface area contributed by atoms with Gasteiger partial charge in [-0.2, -0.15) is 0 Å². The van der Waals surface area contributed by atoms with Gasteiger partial charge in [0, 0.05) is 105 Å². The van der Waals surface area contributed by atoms with Gasteiger partial charge in [0.25, 0.3) is 0 Å². The van der Waals surface area contributed by atoms with E-state index in [0.717, 1.165) is 15.8 Å². The van der Waals surface area contributed by atoms with Crippen LogP contribution in [0.2, 0.25) is 0 Å². The molecule has 0 radical (unpaired) electrons. The maximum atomic E-state index is 11.9. The molecule has 0 spiro atoms. The molecule has 51 heteroatoms. The number of carbonyl (C=O) groups is 4. The fourth-order valence-corrected chi connectivity index (χ4v) is 13.8. The van der Waals surface area contributed by atoms with Crippen molar-refractivity contribution in [2.45, 2.75) is 48.6 Å². The summed E-state index contributed by atoms with van der Waals surface area (Å²) in [7, 11) is 6.40. The van der Waals surface area contributed by atoms with Gasteiger partial charge >= 0.3 is 0 Å². The zero-order valence-corrected chi connectivity index (χ0v) is 86.7. The predicted molar refractivity (Wildman–Crippen MR) is 531 cm³/mol. The number of nitrogens with one attached hydrogen (secondary N) is 3. The van der Waals surface area contributed by atoms with Crippen LogP contribution in [-0.2, 0) is 171 Å². The van der Waals surface area contributed by atoms with E-state index in [4.69, 9.17) is 163 Å². The maximum Gasteiger partial charge on any atom is 0.222 e. The fraction of sp³-hybridized carbons (Fsp3) is 0.846. The van der Waals surface area contributed by atoms with Crippen molar-refractivity contribution in [1.29, 1.82) is 0 Å². The Morgan fingerprint density at radius 1 is 0.232 bits per heavy atom. The third-order valence-corrected chi connectivity index (χ3v) is 21.6. The Labute approximate surface area is 854 Å². The molecule has 0 saturated carbocycles. The average Bonchev–Trinajstić information content (AvgIpc) is 0.963. The first-order chi connectivity index (χ1) is 70.4. The van der Waals surface area contributed by atoms with Gasteiger partial charge in [-0.3, -0.25) is 19.2 Å². The second-order valence-electron chi connectivity index (χ2n) is 28.3. The number of ether oxygens (including phenoxy) is 32. The van der Waals surface area contributed by atoms with Crippen LogP contribution in [0.1, 0.15) is 38.5 Å². The Kier molecular flexibility index (Phi) is 115. The number of nitrogens with zero attached hydrogens (tertiary/aromatic N) is 8. The third kappa shape index (κ3) is 115. The van der Waals surface area contributed by atoms with E-state index >= 15 is 0 Å². The number of azide groups is 2. The van der Waals surface area contributed by atoms with Gasteiger partial charge in [-0.15, -0.1) is 0 Å². The zero-order chi connectivity index (χ0) is 101. The topological polar surface area (TPSA) is 523 Å². The summed E-state index contributed by atoms with van der Waals surface area (Å²) in [4.78, 5) is 61.3. The highest BCUT2D eigenvalue weighted by Crippen LogP contribution is 2.30. The standard InChI is InChI=1S/C67H126N6O29S2.C24H39N5O7S2/c68-73-72-9-13-79-17-21-81-19-15-77-11-7-69-65(74)4-10-76-14-18-80-22-24-83-26-28-85-30-32-87-34-36-89-38-40-91-42-44-93-46-48-95-50-52-97-54-56-99-58-60-101-62-63-102-61-59-100-57-55-98-53-51-96-49-47-94-45-43-92-41-39-90-37-35-88-33-31-86-29-27-84-25-23-82-20-16-78-12-8-70-66(75)5-64-103-104-67-3-1-2-6-71-67;25-29-28-10-14-35-18-20-36-19-17-34-13-9-26-23(31)6-12-33-16-15-32-11-3-4-22(30)7-21-37-38-24-5-1-2-8-27-24/h1-3,6H,4-5,7-64H2,(H,69,74)(H,70,75);1-2,5,8H,3-4,6-7,9-21H2,(H,26,31). The van der Waals surface area contributed by atoms with Crippen LogP contribution in [0.15, 0.2) is 69.1 Å². The highest BCUT2D eigenvalue weighted by atomic mass is 33.1. The summed E-state index contributed by atoms with van der Waals surface area (Å²) >= 11 is 0. The molecule has 3 amide bonds. The minimum absolute atomic E-state index is 0.00872. The first kappa shape index (κ1) is 135. The van der Waals surface area contributed by atoms with Crippen LogP contribution in [0.5, 0.6) is 0 Å². The van der Waals surface area contributed by atoms with Crippen molar-refractivity contribution in [3.63, 3.8) is 0 Å². The average molecular weight is 2120 g/mol. The van der Waals surface area contributed by atoms with Gasteiger partial charge in [-0.25, -0.2) is 9.97 Å². The molecule has 0 aliphatic rings. The van der Waals surface area contributed by atoms with Crippen molar-refractivity contribution in [3.05, 3.63) is 69.7 Å². The second-order valence-corrected chi connectivity index (χ2v) is 33.2. The van der Waals surface area contributed by atoms with Gasteiger partial charge in [0.1, 0.15) is 15.8 Å². The van der Waals surface area contributed by atoms with Crippen LogP contribution in [-0.4, -0.2) is 501 Å². The molecule has 2 aromatic rings. The van der Waals surface area contributed by atoms with Gasteiger partial charge in [-0.1, -0.05) is 43.9 Å². The predicted octanol–water partition coefficient (Wildman–Crippen LogP) is 6.05. The molecule has 0 aliphatic heterocycles. The van der Waals surface area contributed by atoms with Gasteiger partial charge in [0.05, 0.1) is 416 Å². The SMILES string of the molecule is [N-]=[N+]=NCCOCCOCCOCCNC(=O)CCOCCOCCCC(=O)CCSSc1ccccn1.[N-]=[N+]=NCCOCCOCCOCCNC(=O)CCOCCOCCOCCOCCOCCOCCOCCOCCOCCOCCOCCOCCOCCOCCOCCOCCOCCOCCOCCOCCOCCOCCOCCOCCNC(=O)CCSSc1ccccn1. The molecular weight excluding hydrogens is 1950 g/mol. The highest BCUT2D eigenvalue weighted by molar-refractivity contribution is 8.77. The molecule has 0 aliphatic carbocycles. The Balaban J connectivity index is 0.00000220. The summed E-state index contributed by atoms with van der Waals surface area (Å²) in [6, 6.07) is 11.5. The molecule has 47 nitrogen and oxygen atoms in total. The maximum absolute atomic E-state index is 11.9. The number of rotatable bonds is 119. The molecule has 0 atom stereocenters.